The van der Waals surface area contributed by atoms with E-state index in [0.29, 0.717) is 5.75 Å². The van der Waals surface area contributed by atoms with Gasteiger partial charge in [0.05, 0.1) is 0 Å². The summed E-state index contributed by atoms with van der Waals surface area (Å²) in [6.07, 6.45) is 2.59. The van der Waals surface area contributed by atoms with Crippen molar-refractivity contribution in [2.24, 2.45) is 0 Å². The molecule has 11 heavy (non-hydrogen) atoms. The summed E-state index contributed by atoms with van der Waals surface area (Å²) in [7, 11) is 0. The number of halogens is 1. The Morgan fingerprint density at radius 1 is 1.45 bits per heavy atom. The Labute approximate surface area is 71.4 Å². The number of hydrogen-bond acceptors (Lipinski definition) is 1. The summed E-state index contributed by atoms with van der Waals surface area (Å²) in [6, 6.07) is 7.60. The van der Waals surface area contributed by atoms with Crippen LogP contribution in [0.5, 0.6) is 5.75 Å². The molecule has 0 aliphatic rings. The predicted octanol–water partition coefficient (Wildman–Crippen LogP) is 2.95. The molecular formula is C9H9ClO. The van der Waals surface area contributed by atoms with Gasteiger partial charge in [0.15, 0.2) is 0 Å². The van der Waals surface area contributed by atoms with Crippen molar-refractivity contribution in [2.45, 2.75) is 6.42 Å². The molecule has 2 heteroatoms. The van der Waals surface area contributed by atoms with E-state index in [2.05, 4.69) is 10.9 Å². The van der Waals surface area contributed by atoms with Gasteiger partial charge in [0.1, 0.15) is 17.6 Å². The van der Waals surface area contributed by atoms with E-state index in [-0.39, 0.29) is 0 Å². The molecule has 0 spiro atoms. The topological polar surface area (TPSA) is 9.23 Å². The van der Waals surface area contributed by atoms with Crippen LogP contribution in [-0.4, -0.2) is 0 Å². The molecule has 1 aromatic rings. The van der Waals surface area contributed by atoms with E-state index in [1.54, 1.807) is 0 Å². The van der Waals surface area contributed by atoms with Gasteiger partial charge in [-0.05, 0) is 12.5 Å². The van der Waals surface area contributed by atoms with Crippen molar-refractivity contribution in [1.29, 1.82) is 0 Å². The van der Waals surface area contributed by atoms with Crippen molar-refractivity contribution in [2.75, 3.05) is 0 Å². The van der Waals surface area contributed by atoms with Crippen LogP contribution in [0.4, 0.5) is 0 Å². The second-order valence-corrected chi connectivity index (χ2v) is 2.33. The van der Waals surface area contributed by atoms with Gasteiger partial charge in [-0.1, -0.05) is 24.3 Å². The molecule has 0 atom stereocenters. The van der Waals surface area contributed by atoms with E-state index in [1.807, 2.05) is 30.3 Å². The van der Waals surface area contributed by atoms with Gasteiger partial charge >= 0.3 is 0 Å². The first-order chi connectivity index (χ1) is 5.38. The Morgan fingerprint density at radius 2 is 2.18 bits per heavy atom. The van der Waals surface area contributed by atoms with Crippen LogP contribution < -0.4 is 4.29 Å². The predicted molar refractivity (Wildman–Crippen MR) is 46.8 cm³/mol. The molecule has 0 fully saturated rings. The summed E-state index contributed by atoms with van der Waals surface area (Å²) in [5.74, 6) is 0.703. The number of rotatable bonds is 3. The van der Waals surface area contributed by atoms with Crippen molar-refractivity contribution in [3.63, 3.8) is 0 Å². The Bertz CT molecular complexity index is 245. The summed E-state index contributed by atoms with van der Waals surface area (Å²) in [4.78, 5) is 0. The van der Waals surface area contributed by atoms with Gasteiger partial charge in [-0.15, -0.1) is 6.58 Å². The van der Waals surface area contributed by atoms with E-state index in [1.165, 1.54) is 0 Å². The highest BCUT2D eigenvalue weighted by Gasteiger charge is 1.98. The summed E-state index contributed by atoms with van der Waals surface area (Å²) in [5.41, 5.74) is 1.05. The van der Waals surface area contributed by atoms with Crippen LogP contribution in [0.15, 0.2) is 36.9 Å². The largest absolute Gasteiger partial charge is 0.385 e. The molecule has 0 N–H and O–H groups in total. The average molecular weight is 169 g/mol. The molecule has 58 valence electrons. The van der Waals surface area contributed by atoms with Gasteiger partial charge < -0.3 is 4.29 Å². The molecule has 0 amide bonds. The van der Waals surface area contributed by atoms with Gasteiger partial charge in [-0.2, -0.15) is 0 Å². The minimum Gasteiger partial charge on any atom is -0.385 e. The Kier molecular flexibility index (Phi) is 2.99. The summed E-state index contributed by atoms with van der Waals surface area (Å²) < 4.78 is 4.62. The lowest BCUT2D eigenvalue weighted by atomic mass is 10.1. The second-order valence-electron chi connectivity index (χ2n) is 2.18. The van der Waals surface area contributed by atoms with Crippen LogP contribution in [0.3, 0.4) is 0 Å². The molecule has 1 nitrogen and oxygen atoms in total. The third-order valence-electron chi connectivity index (χ3n) is 1.42. The van der Waals surface area contributed by atoms with Crippen molar-refractivity contribution < 1.29 is 4.29 Å². The van der Waals surface area contributed by atoms with Crippen molar-refractivity contribution in [3.05, 3.63) is 42.5 Å². The highest BCUT2D eigenvalue weighted by atomic mass is 35.5. The summed E-state index contributed by atoms with van der Waals surface area (Å²) in [6.45, 7) is 3.63. The minimum atomic E-state index is 0.703. The zero-order chi connectivity index (χ0) is 8.10. The van der Waals surface area contributed by atoms with E-state index < -0.39 is 0 Å². The summed E-state index contributed by atoms with van der Waals surface area (Å²) >= 11 is 5.23. The van der Waals surface area contributed by atoms with E-state index in [9.17, 15) is 0 Å². The molecule has 0 radical (unpaired) electrons. The number of benzene rings is 1. The fourth-order valence-corrected chi connectivity index (χ4v) is 1.05. The lowest BCUT2D eigenvalue weighted by molar-refractivity contribution is 0.611. The fourth-order valence-electron chi connectivity index (χ4n) is 0.903. The minimum absolute atomic E-state index is 0.703. The highest BCUT2D eigenvalue weighted by Crippen LogP contribution is 2.19. The van der Waals surface area contributed by atoms with Gasteiger partial charge in [0, 0.05) is 5.56 Å². The molecule has 1 aromatic carbocycles. The van der Waals surface area contributed by atoms with Crippen LogP contribution >= 0.6 is 11.9 Å². The van der Waals surface area contributed by atoms with Crippen LogP contribution in [0.2, 0.25) is 0 Å². The zero-order valence-corrected chi connectivity index (χ0v) is 6.84. The molecular weight excluding hydrogens is 160 g/mol. The first-order valence-corrected chi connectivity index (χ1v) is 3.66. The van der Waals surface area contributed by atoms with Crippen LogP contribution in [0, 0.1) is 0 Å². The molecule has 0 unspecified atom stereocenters. The third-order valence-corrected chi connectivity index (χ3v) is 1.59. The molecule has 0 saturated carbocycles. The maximum absolute atomic E-state index is 5.23. The molecule has 0 heterocycles. The highest BCUT2D eigenvalue weighted by molar-refractivity contribution is 6.09. The number of para-hydroxylation sites is 1. The van der Waals surface area contributed by atoms with Crippen LogP contribution in [-0.2, 0) is 6.42 Å². The first kappa shape index (κ1) is 8.15. The van der Waals surface area contributed by atoms with Crippen molar-refractivity contribution in [1.82, 2.24) is 0 Å². The average Bonchev–Trinajstić information content (AvgIpc) is 2.06. The maximum Gasteiger partial charge on any atom is 0.149 e. The van der Waals surface area contributed by atoms with Crippen molar-refractivity contribution in [3.8, 4) is 5.75 Å². The third kappa shape index (κ3) is 1.99. The normalized spacial score (nSPS) is 9.18. The zero-order valence-electron chi connectivity index (χ0n) is 6.09. The second kappa shape index (κ2) is 4.04. The van der Waals surface area contributed by atoms with Crippen LogP contribution in [0.1, 0.15) is 5.56 Å². The number of allylic oxidation sites excluding steroid dienone is 1. The lowest BCUT2D eigenvalue weighted by Crippen LogP contribution is -1.84. The fraction of sp³-hybridized carbons (Fsp3) is 0.111. The lowest BCUT2D eigenvalue weighted by Gasteiger charge is -2.01. The quantitative estimate of drug-likeness (QED) is 0.631. The van der Waals surface area contributed by atoms with Crippen LogP contribution in [0.25, 0.3) is 0 Å². The molecule has 0 aliphatic carbocycles. The van der Waals surface area contributed by atoms with Gasteiger partial charge in [0.2, 0.25) is 0 Å². The standard InChI is InChI=1S/C9H9ClO/c1-2-5-8-6-3-4-7-9(8)11-10/h2-4,6-7H,1,5H2. The Balaban J connectivity index is 2.92. The van der Waals surface area contributed by atoms with E-state index in [0.717, 1.165) is 12.0 Å². The molecule has 0 saturated heterocycles. The molecule has 0 aliphatic heterocycles. The Morgan fingerprint density at radius 3 is 2.82 bits per heavy atom. The Hall–Kier alpha value is -0.950. The SMILES string of the molecule is C=CCc1ccccc1OCl. The summed E-state index contributed by atoms with van der Waals surface area (Å²) in [5, 5.41) is 0. The van der Waals surface area contributed by atoms with E-state index in [4.69, 9.17) is 11.9 Å². The van der Waals surface area contributed by atoms with E-state index >= 15 is 0 Å². The molecule has 0 aromatic heterocycles. The molecule has 0 bridgehead atoms. The van der Waals surface area contributed by atoms with Crippen molar-refractivity contribution >= 4 is 11.9 Å². The first-order valence-electron chi connectivity index (χ1n) is 3.36. The molecule has 1 rings (SSSR count). The monoisotopic (exact) mass is 168 g/mol. The van der Waals surface area contributed by atoms with Gasteiger partial charge in [0.25, 0.3) is 0 Å². The van der Waals surface area contributed by atoms with Gasteiger partial charge in [-0.3, -0.25) is 0 Å². The number of hydrogen-bond donors (Lipinski definition) is 0. The smallest absolute Gasteiger partial charge is 0.149 e. The van der Waals surface area contributed by atoms with Gasteiger partial charge in [-0.25, -0.2) is 0 Å². The maximum atomic E-state index is 5.23.